The number of carbonyl (C=O) groups excluding carboxylic acids is 1. The van der Waals surface area contributed by atoms with Crippen molar-refractivity contribution in [3.63, 3.8) is 0 Å². The third-order valence-corrected chi connectivity index (χ3v) is 5.22. The highest BCUT2D eigenvalue weighted by atomic mass is 16.5. The second-order valence-corrected chi connectivity index (χ2v) is 7.33. The standard InChI is InChI=1S/C23H30N2O4/c1-27-20-8-9-21(22(14-20)28-2)24-23(26)15-25-12-10-19(11-13-25)17-29-16-18-6-4-3-5-7-18/h3-9,14,19H,10-13,15-17H2,1-2H3,(H,24,26). The third-order valence-electron chi connectivity index (χ3n) is 5.22. The minimum absolute atomic E-state index is 0.0350. The highest BCUT2D eigenvalue weighted by Crippen LogP contribution is 2.29. The number of likely N-dealkylation sites (tertiary alicyclic amines) is 1. The van der Waals surface area contributed by atoms with Crippen molar-refractivity contribution in [2.24, 2.45) is 5.92 Å². The number of carbonyl (C=O) groups is 1. The summed E-state index contributed by atoms with van der Waals surface area (Å²) in [6.45, 7) is 3.64. The molecule has 0 atom stereocenters. The van der Waals surface area contributed by atoms with E-state index in [1.165, 1.54) is 5.56 Å². The Morgan fingerprint density at radius 3 is 2.52 bits per heavy atom. The molecule has 0 unspecified atom stereocenters. The molecule has 1 heterocycles. The fourth-order valence-corrected chi connectivity index (χ4v) is 3.52. The van der Waals surface area contributed by atoms with Gasteiger partial charge in [-0.15, -0.1) is 0 Å². The van der Waals surface area contributed by atoms with E-state index in [9.17, 15) is 4.79 Å². The average molecular weight is 399 g/mol. The van der Waals surface area contributed by atoms with Crippen molar-refractivity contribution >= 4 is 11.6 Å². The number of piperidine rings is 1. The largest absolute Gasteiger partial charge is 0.497 e. The summed E-state index contributed by atoms with van der Waals surface area (Å²) in [6, 6.07) is 15.6. The predicted octanol–water partition coefficient (Wildman–Crippen LogP) is 3.57. The molecule has 1 fully saturated rings. The Bertz CT molecular complexity index is 774. The van der Waals surface area contributed by atoms with Crippen LogP contribution in [0.25, 0.3) is 0 Å². The maximum atomic E-state index is 12.4. The zero-order chi connectivity index (χ0) is 20.5. The van der Waals surface area contributed by atoms with E-state index in [-0.39, 0.29) is 5.91 Å². The molecule has 1 saturated heterocycles. The number of ether oxygens (including phenoxy) is 3. The van der Waals surface area contributed by atoms with Crippen LogP contribution in [-0.2, 0) is 16.1 Å². The van der Waals surface area contributed by atoms with Crippen LogP contribution in [0.1, 0.15) is 18.4 Å². The summed E-state index contributed by atoms with van der Waals surface area (Å²) in [4.78, 5) is 14.6. The molecular weight excluding hydrogens is 368 g/mol. The Morgan fingerprint density at radius 1 is 1.07 bits per heavy atom. The molecule has 1 N–H and O–H groups in total. The number of nitrogens with zero attached hydrogens (tertiary/aromatic N) is 1. The van der Waals surface area contributed by atoms with Crippen LogP contribution in [0.5, 0.6) is 11.5 Å². The van der Waals surface area contributed by atoms with Gasteiger partial charge in [0.2, 0.25) is 5.91 Å². The van der Waals surface area contributed by atoms with E-state index in [0.717, 1.165) is 32.5 Å². The Labute approximate surface area is 172 Å². The summed E-state index contributed by atoms with van der Waals surface area (Å²) in [5.74, 6) is 1.80. The molecule has 1 amide bonds. The molecule has 1 aliphatic heterocycles. The lowest BCUT2D eigenvalue weighted by Gasteiger charge is -2.31. The van der Waals surface area contributed by atoms with E-state index in [2.05, 4.69) is 22.3 Å². The monoisotopic (exact) mass is 398 g/mol. The minimum Gasteiger partial charge on any atom is -0.497 e. The Hall–Kier alpha value is -2.57. The molecule has 6 nitrogen and oxygen atoms in total. The molecule has 0 radical (unpaired) electrons. The van der Waals surface area contributed by atoms with Crippen LogP contribution in [0.3, 0.4) is 0 Å². The zero-order valence-corrected chi connectivity index (χ0v) is 17.2. The van der Waals surface area contributed by atoms with Crippen molar-refractivity contribution in [2.75, 3.05) is 45.8 Å². The van der Waals surface area contributed by atoms with Crippen molar-refractivity contribution in [3.8, 4) is 11.5 Å². The number of anilines is 1. The topological polar surface area (TPSA) is 60.0 Å². The second kappa shape index (κ2) is 10.8. The normalized spacial score (nSPS) is 15.1. The second-order valence-electron chi connectivity index (χ2n) is 7.33. The zero-order valence-electron chi connectivity index (χ0n) is 17.2. The van der Waals surface area contributed by atoms with E-state index in [0.29, 0.717) is 36.3 Å². The van der Waals surface area contributed by atoms with Crippen molar-refractivity contribution < 1.29 is 19.0 Å². The van der Waals surface area contributed by atoms with Crippen LogP contribution in [0.2, 0.25) is 0 Å². The fraction of sp³-hybridized carbons (Fsp3) is 0.435. The number of rotatable bonds is 9. The van der Waals surface area contributed by atoms with Crippen molar-refractivity contribution in [2.45, 2.75) is 19.4 Å². The highest BCUT2D eigenvalue weighted by Gasteiger charge is 2.21. The maximum Gasteiger partial charge on any atom is 0.238 e. The van der Waals surface area contributed by atoms with Gasteiger partial charge in [0.15, 0.2) is 0 Å². The van der Waals surface area contributed by atoms with E-state index in [1.807, 2.05) is 18.2 Å². The van der Waals surface area contributed by atoms with Crippen LogP contribution in [-0.4, -0.2) is 51.3 Å². The van der Waals surface area contributed by atoms with E-state index in [4.69, 9.17) is 14.2 Å². The number of nitrogens with one attached hydrogen (secondary N) is 1. The van der Waals surface area contributed by atoms with Gasteiger partial charge in [0.25, 0.3) is 0 Å². The molecule has 0 bridgehead atoms. The van der Waals surface area contributed by atoms with Crippen molar-refractivity contribution in [1.82, 2.24) is 4.90 Å². The quantitative estimate of drug-likeness (QED) is 0.700. The predicted molar refractivity (Wildman–Crippen MR) is 113 cm³/mol. The van der Waals surface area contributed by atoms with Gasteiger partial charge >= 0.3 is 0 Å². The van der Waals surface area contributed by atoms with E-state index >= 15 is 0 Å². The van der Waals surface area contributed by atoms with Gasteiger partial charge in [-0.2, -0.15) is 0 Å². The van der Waals surface area contributed by atoms with Gasteiger partial charge in [-0.05, 0) is 49.5 Å². The first-order valence-electron chi connectivity index (χ1n) is 10.0. The molecule has 156 valence electrons. The molecule has 0 aromatic heterocycles. The molecule has 29 heavy (non-hydrogen) atoms. The van der Waals surface area contributed by atoms with Crippen molar-refractivity contribution in [3.05, 3.63) is 54.1 Å². The number of hydrogen-bond acceptors (Lipinski definition) is 5. The lowest BCUT2D eigenvalue weighted by Crippen LogP contribution is -2.40. The van der Waals surface area contributed by atoms with Crippen molar-refractivity contribution in [1.29, 1.82) is 0 Å². The van der Waals surface area contributed by atoms with Crippen LogP contribution in [0.15, 0.2) is 48.5 Å². The third kappa shape index (κ3) is 6.48. The number of amides is 1. The van der Waals surface area contributed by atoms with Gasteiger partial charge < -0.3 is 19.5 Å². The van der Waals surface area contributed by atoms with Gasteiger partial charge in [0.05, 0.1) is 33.1 Å². The summed E-state index contributed by atoms with van der Waals surface area (Å²) < 4.78 is 16.4. The van der Waals surface area contributed by atoms with Gasteiger partial charge in [0.1, 0.15) is 11.5 Å². The van der Waals surface area contributed by atoms with E-state index in [1.54, 1.807) is 32.4 Å². The molecular formula is C23H30N2O4. The Morgan fingerprint density at radius 2 is 1.83 bits per heavy atom. The van der Waals surface area contributed by atoms with Crippen LogP contribution < -0.4 is 14.8 Å². The molecule has 2 aromatic carbocycles. The summed E-state index contributed by atoms with van der Waals surface area (Å²) in [6.07, 6.45) is 2.10. The average Bonchev–Trinajstić information content (AvgIpc) is 2.76. The highest BCUT2D eigenvalue weighted by molar-refractivity contribution is 5.93. The van der Waals surface area contributed by atoms with Gasteiger partial charge in [-0.1, -0.05) is 30.3 Å². The first kappa shape index (κ1) is 21.1. The molecule has 6 heteroatoms. The lowest BCUT2D eigenvalue weighted by molar-refractivity contribution is -0.117. The minimum atomic E-state index is -0.0350. The van der Waals surface area contributed by atoms with Crippen LogP contribution >= 0.6 is 0 Å². The molecule has 2 aromatic rings. The summed E-state index contributed by atoms with van der Waals surface area (Å²) in [7, 11) is 3.18. The maximum absolute atomic E-state index is 12.4. The summed E-state index contributed by atoms with van der Waals surface area (Å²) in [5, 5.41) is 2.94. The molecule has 3 rings (SSSR count). The van der Waals surface area contributed by atoms with Crippen LogP contribution in [0.4, 0.5) is 5.69 Å². The Kier molecular flexibility index (Phi) is 7.90. The van der Waals surface area contributed by atoms with Gasteiger partial charge in [-0.3, -0.25) is 9.69 Å². The van der Waals surface area contributed by atoms with Gasteiger partial charge in [-0.25, -0.2) is 0 Å². The fourth-order valence-electron chi connectivity index (χ4n) is 3.52. The number of methoxy groups -OCH3 is 2. The number of hydrogen-bond donors (Lipinski definition) is 1. The first-order valence-corrected chi connectivity index (χ1v) is 10.0. The van der Waals surface area contributed by atoms with Gasteiger partial charge in [0, 0.05) is 12.7 Å². The lowest BCUT2D eigenvalue weighted by atomic mass is 9.98. The number of benzene rings is 2. The SMILES string of the molecule is COc1ccc(NC(=O)CN2CCC(COCc3ccccc3)CC2)c(OC)c1. The molecule has 0 saturated carbocycles. The van der Waals surface area contributed by atoms with E-state index < -0.39 is 0 Å². The van der Waals surface area contributed by atoms with Crippen LogP contribution in [0, 0.1) is 5.92 Å². The Balaban J connectivity index is 1.38. The molecule has 0 aliphatic carbocycles. The summed E-state index contributed by atoms with van der Waals surface area (Å²) >= 11 is 0. The smallest absolute Gasteiger partial charge is 0.238 e. The molecule has 0 spiro atoms. The summed E-state index contributed by atoms with van der Waals surface area (Å²) in [5.41, 5.74) is 1.86. The molecule has 1 aliphatic rings. The first-order chi connectivity index (χ1) is 14.2.